The number of pyridine rings is 1. The molecule has 4 rings (SSSR count). The lowest BCUT2D eigenvalue weighted by atomic mass is 10.0. The number of benzene rings is 2. The molecule has 0 atom stereocenters. The highest BCUT2D eigenvalue weighted by Crippen LogP contribution is 2.21. The minimum absolute atomic E-state index is 0.169. The van der Waals surface area contributed by atoms with Crippen LogP contribution >= 0.6 is 11.6 Å². The monoisotopic (exact) mass is 457 g/mol. The highest BCUT2D eigenvalue weighted by molar-refractivity contribution is 6.31. The zero-order chi connectivity index (χ0) is 23.4. The van der Waals surface area contributed by atoms with Crippen LogP contribution in [0.5, 0.6) is 0 Å². The molecular formula is C26H24ClN5O. The number of amides is 1. The number of carbonyl (C=O) groups is 1. The summed E-state index contributed by atoms with van der Waals surface area (Å²) in [4.78, 5) is 21.3. The van der Waals surface area contributed by atoms with E-state index >= 15 is 0 Å². The third-order valence-electron chi connectivity index (χ3n) is 5.47. The number of carbonyl (C=O) groups excluding carboxylic acids is 1. The lowest BCUT2D eigenvalue weighted by Crippen LogP contribution is -2.24. The maximum Gasteiger partial charge on any atom is 0.251 e. The smallest absolute Gasteiger partial charge is 0.251 e. The Labute approximate surface area is 197 Å². The van der Waals surface area contributed by atoms with Gasteiger partial charge in [-0.25, -0.2) is 0 Å². The van der Waals surface area contributed by atoms with Crippen molar-refractivity contribution in [2.75, 3.05) is 0 Å². The molecule has 2 heterocycles. The van der Waals surface area contributed by atoms with Gasteiger partial charge >= 0.3 is 0 Å². The van der Waals surface area contributed by atoms with Crippen LogP contribution in [0, 0.1) is 6.92 Å². The number of H-pyrrole nitrogens is 1. The van der Waals surface area contributed by atoms with Crippen LogP contribution < -0.4 is 5.32 Å². The van der Waals surface area contributed by atoms with E-state index in [1.54, 1.807) is 18.3 Å². The first-order chi connectivity index (χ1) is 16.0. The van der Waals surface area contributed by atoms with Gasteiger partial charge in [0.1, 0.15) is 0 Å². The summed E-state index contributed by atoms with van der Waals surface area (Å²) in [5.41, 5.74) is 6.05. The molecule has 2 aromatic carbocycles. The highest BCUT2D eigenvalue weighted by Gasteiger charge is 2.10. The van der Waals surface area contributed by atoms with Crippen LogP contribution in [-0.4, -0.2) is 27.8 Å². The Morgan fingerprint density at radius 2 is 2.03 bits per heavy atom. The van der Waals surface area contributed by atoms with Crippen LogP contribution in [0.3, 0.4) is 0 Å². The van der Waals surface area contributed by atoms with Gasteiger partial charge in [-0.05, 0) is 68.1 Å². The predicted octanol–water partition coefficient (Wildman–Crippen LogP) is 5.46. The molecule has 0 fully saturated rings. The molecule has 0 unspecified atom stereocenters. The molecule has 2 N–H and O–H groups in total. The minimum Gasteiger partial charge on any atom is -0.348 e. The number of allylic oxidation sites excluding steroid dienone is 2. The molecule has 7 heteroatoms. The number of rotatable bonds is 7. The van der Waals surface area contributed by atoms with Gasteiger partial charge in [0.15, 0.2) is 0 Å². The molecule has 166 valence electrons. The molecule has 0 saturated carbocycles. The van der Waals surface area contributed by atoms with E-state index in [4.69, 9.17) is 11.6 Å². The first-order valence-corrected chi connectivity index (χ1v) is 10.9. The van der Waals surface area contributed by atoms with Crippen LogP contribution in [0.1, 0.15) is 23.7 Å². The second kappa shape index (κ2) is 9.79. The van der Waals surface area contributed by atoms with Gasteiger partial charge in [-0.3, -0.25) is 19.9 Å². The number of hydrogen-bond donors (Lipinski definition) is 2. The largest absolute Gasteiger partial charge is 0.348 e. The van der Waals surface area contributed by atoms with Crippen LogP contribution in [0.25, 0.3) is 21.8 Å². The zero-order valence-corrected chi connectivity index (χ0v) is 19.3. The number of aromatic amines is 1. The fraction of sp³-hybridized carbons (Fsp3) is 0.154. The van der Waals surface area contributed by atoms with Crippen molar-refractivity contribution in [3.8, 4) is 0 Å². The molecule has 0 bridgehead atoms. The van der Waals surface area contributed by atoms with Crippen molar-refractivity contribution in [2.45, 2.75) is 26.8 Å². The zero-order valence-electron chi connectivity index (χ0n) is 18.5. The maximum absolute atomic E-state index is 12.8. The Kier molecular flexibility index (Phi) is 6.66. The fourth-order valence-electron chi connectivity index (χ4n) is 3.67. The molecule has 1 amide bonds. The average Bonchev–Trinajstić information content (AvgIpc) is 3.19. The van der Waals surface area contributed by atoms with Crippen molar-refractivity contribution < 1.29 is 4.79 Å². The Morgan fingerprint density at radius 1 is 1.21 bits per heavy atom. The standard InChI is InChI=1S/C26H24ClN5O/c1-4-19(26(33)30-14-18-6-8-25-23(11-18)16(2)31-32-25)13-22(28-3)10-17-5-7-24-20(9-17)12-21(27)15-29-24/h4-9,11-13,15H,3,10,14H2,1-2H3,(H,30,33)(H,31,32)/b19-4+,22-13-. The molecule has 33 heavy (non-hydrogen) atoms. The van der Waals surface area contributed by atoms with Crippen molar-refractivity contribution in [3.05, 3.63) is 93.9 Å². The second-order valence-electron chi connectivity index (χ2n) is 7.77. The Morgan fingerprint density at radius 3 is 2.82 bits per heavy atom. The molecule has 4 aromatic rings. The molecule has 6 nitrogen and oxygen atoms in total. The molecule has 2 aromatic heterocycles. The number of aromatic nitrogens is 3. The topological polar surface area (TPSA) is 83.0 Å². The Bertz CT molecular complexity index is 1420. The number of nitrogens with zero attached hydrogens (tertiary/aromatic N) is 3. The van der Waals surface area contributed by atoms with Crippen molar-refractivity contribution in [1.29, 1.82) is 0 Å². The van der Waals surface area contributed by atoms with Gasteiger partial charge in [-0.1, -0.05) is 29.8 Å². The molecule has 0 saturated heterocycles. The van der Waals surface area contributed by atoms with Gasteiger partial charge in [-0.15, -0.1) is 0 Å². The van der Waals surface area contributed by atoms with E-state index < -0.39 is 0 Å². The number of nitrogens with one attached hydrogen (secondary N) is 2. The lowest BCUT2D eigenvalue weighted by Gasteiger charge is -2.09. The summed E-state index contributed by atoms with van der Waals surface area (Å²) in [6.45, 7) is 7.89. The molecule has 0 radical (unpaired) electrons. The van der Waals surface area contributed by atoms with Crippen molar-refractivity contribution in [1.82, 2.24) is 20.5 Å². The van der Waals surface area contributed by atoms with Gasteiger partial charge in [0.05, 0.1) is 21.7 Å². The Hall–Kier alpha value is -3.77. The summed E-state index contributed by atoms with van der Waals surface area (Å²) in [5, 5.41) is 12.8. The predicted molar refractivity (Wildman–Crippen MR) is 135 cm³/mol. The third kappa shape index (κ3) is 5.18. The Balaban J connectivity index is 1.46. The molecular weight excluding hydrogens is 434 g/mol. The number of aliphatic imine (C=N–C) groups is 1. The maximum atomic E-state index is 12.8. The normalized spacial score (nSPS) is 12.3. The van der Waals surface area contributed by atoms with Crippen molar-refractivity contribution in [2.24, 2.45) is 4.99 Å². The van der Waals surface area contributed by atoms with E-state index in [0.29, 0.717) is 29.3 Å². The highest BCUT2D eigenvalue weighted by atomic mass is 35.5. The van der Waals surface area contributed by atoms with E-state index in [1.165, 1.54) is 0 Å². The van der Waals surface area contributed by atoms with Crippen LogP contribution in [0.2, 0.25) is 5.02 Å². The number of halogens is 1. The van der Waals surface area contributed by atoms with Crippen molar-refractivity contribution in [3.63, 3.8) is 0 Å². The average molecular weight is 458 g/mol. The first-order valence-electron chi connectivity index (χ1n) is 10.6. The minimum atomic E-state index is -0.169. The first kappa shape index (κ1) is 22.4. The molecule has 0 spiro atoms. The van der Waals surface area contributed by atoms with E-state index in [2.05, 4.69) is 32.2 Å². The lowest BCUT2D eigenvalue weighted by molar-refractivity contribution is -0.117. The van der Waals surface area contributed by atoms with Crippen molar-refractivity contribution >= 4 is 46.0 Å². The van der Waals surface area contributed by atoms with Gasteiger partial charge in [0.25, 0.3) is 5.91 Å². The summed E-state index contributed by atoms with van der Waals surface area (Å²) in [5.74, 6) is -0.169. The molecule has 0 aliphatic carbocycles. The summed E-state index contributed by atoms with van der Waals surface area (Å²) < 4.78 is 0. The fourth-order valence-corrected chi connectivity index (χ4v) is 3.84. The molecule has 0 aliphatic rings. The molecule has 0 aliphatic heterocycles. The van der Waals surface area contributed by atoms with Gasteiger partial charge < -0.3 is 5.32 Å². The van der Waals surface area contributed by atoms with Gasteiger partial charge in [0.2, 0.25) is 0 Å². The third-order valence-corrected chi connectivity index (χ3v) is 5.67. The quantitative estimate of drug-likeness (QED) is 0.219. The van der Waals surface area contributed by atoms with Crippen LogP contribution in [0.15, 0.2) is 77.1 Å². The second-order valence-corrected chi connectivity index (χ2v) is 8.20. The number of hydrogen-bond acceptors (Lipinski definition) is 4. The van der Waals surface area contributed by atoms with Crippen LogP contribution in [0.4, 0.5) is 0 Å². The number of fused-ring (bicyclic) bond motifs is 2. The van der Waals surface area contributed by atoms with Gasteiger partial charge in [0, 0.05) is 41.2 Å². The van der Waals surface area contributed by atoms with E-state index in [-0.39, 0.29) is 5.91 Å². The summed E-state index contributed by atoms with van der Waals surface area (Å²) in [6, 6.07) is 13.8. The SMILES string of the molecule is C=N/C(=C\C(=C/C)C(=O)NCc1ccc2[nH]nc(C)c2c1)Cc1ccc2ncc(Cl)cc2c1. The van der Waals surface area contributed by atoms with E-state index in [9.17, 15) is 4.79 Å². The van der Waals surface area contributed by atoms with E-state index in [0.717, 1.165) is 38.6 Å². The van der Waals surface area contributed by atoms with Gasteiger partial charge in [-0.2, -0.15) is 5.10 Å². The summed E-state index contributed by atoms with van der Waals surface area (Å²) >= 11 is 6.07. The van der Waals surface area contributed by atoms with E-state index in [1.807, 2.05) is 56.3 Å². The summed E-state index contributed by atoms with van der Waals surface area (Å²) in [6.07, 6.45) is 5.71. The van der Waals surface area contributed by atoms with Crippen LogP contribution in [-0.2, 0) is 17.8 Å². The number of aryl methyl sites for hydroxylation is 1. The summed E-state index contributed by atoms with van der Waals surface area (Å²) in [7, 11) is 0.